The predicted molar refractivity (Wildman–Crippen MR) is 99.4 cm³/mol. The molecule has 3 rings (SSSR count). The van der Waals surface area contributed by atoms with E-state index in [4.69, 9.17) is 0 Å². The van der Waals surface area contributed by atoms with Crippen molar-refractivity contribution in [3.8, 4) is 0 Å². The number of carbonyl (C=O) groups is 1. The summed E-state index contributed by atoms with van der Waals surface area (Å²) < 4.78 is 28.3. The minimum atomic E-state index is -3.44. The number of sulfonamides is 1. The monoisotopic (exact) mass is 395 g/mol. The van der Waals surface area contributed by atoms with Crippen molar-refractivity contribution in [3.63, 3.8) is 0 Å². The quantitative estimate of drug-likeness (QED) is 0.748. The number of benzene rings is 1. The normalized spacial score (nSPS) is 16.5. The third-order valence-corrected chi connectivity index (χ3v) is 7.21. The SMILES string of the molecule is C[C@@H](Sc1nncn1C)C(=O)Nc1ccc(S(=O)(=O)N2CCCC2)cc1. The number of aromatic nitrogens is 3. The van der Waals surface area contributed by atoms with Gasteiger partial charge in [0, 0.05) is 25.8 Å². The molecule has 1 N–H and O–H groups in total. The average molecular weight is 396 g/mol. The van der Waals surface area contributed by atoms with Gasteiger partial charge in [-0.1, -0.05) is 11.8 Å². The maximum Gasteiger partial charge on any atom is 0.243 e. The van der Waals surface area contributed by atoms with Gasteiger partial charge in [0.05, 0.1) is 10.1 Å². The number of amides is 1. The molecule has 0 spiro atoms. The molecule has 0 radical (unpaired) electrons. The van der Waals surface area contributed by atoms with Gasteiger partial charge in [0.1, 0.15) is 6.33 Å². The van der Waals surface area contributed by atoms with Crippen molar-refractivity contribution in [2.24, 2.45) is 7.05 Å². The highest BCUT2D eigenvalue weighted by Crippen LogP contribution is 2.24. The Hall–Kier alpha value is -1.91. The Kier molecular flexibility index (Phi) is 5.64. The van der Waals surface area contributed by atoms with E-state index in [1.54, 1.807) is 30.0 Å². The number of nitrogens with one attached hydrogen (secondary N) is 1. The minimum Gasteiger partial charge on any atom is -0.325 e. The second kappa shape index (κ2) is 7.77. The lowest BCUT2D eigenvalue weighted by atomic mass is 10.3. The maximum absolute atomic E-state index is 12.5. The highest BCUT2D eigenvalue weighted by Gasteiger charge is 2.27. The molecule has 1 saturated heterocycles. The molecule has 10 heteroatoms. The molecule has 1 atom stereocenters. The number of anilines is 1. The fourth-order valence-corrected chi connectivity index (χ4v) is 4.93. The average Bonchev–Trinajstić information content (AvgIpc) is 3.28. The van der Waals surface area contributed by atoms with Crippen molar-refractivity contribution in [2.75, 3.05) is 18.4 Å². The van der Waals surface area contributed by atoms with Crippen LogP contribution < -0.4 is 5.32 Å². The van der Waals surface area contributed by atoms with Crippen LogP contribution in [0.5, 0.6) is 0 Å². The zero-order valence-electron chi connectivity index (χ0n) is 14.6. The molecule has 8 nitrogen and oxygen atoms in total. The summed E-state index contributed by atoms with van der Waals surface area (Å²) in [5.74, 6) is -0.187. The second-order valence-electron chi connectivity index (χ2n) is 6.11. The van der Waals surface area contributed by atoms with Crippen molar-refractivity contribution in [3.05, 3.63) is 30.6 Å². The molecule has 0 bridgehead atoms. The first-order valence-electron chi connectivity index (χ1n) is 8.29. The van der Waals surface area contributed by atoms with Gasteiger partial charge in [-0.3, -0.25) is 4.79 Å². The lowest BCUT2D eigenvalue weighted by Crippen LogP contribution is -2.27. The highest BCUT2D eigenvalue weighted by molar-refractivity contribution is 8.00. The van der Waals surface area contributed by atoms with Crippen molar-refractivity contribution >= 4 is 33.4 Å². The van der Waals surface area contributed by atoms with E-state index >= 15 is 0 Å². The van der Waals surface area contributed by atoms with Crippen LogP contribution in [0.1, 0.15) is 19.8 Å². The largest absolute Gasteiger partial charge is 0.325 e. The molecule has 140 valence electrons. The van der Waals surface area contributed by atoms with Gasteiger partial charge in [-0.2, -0.15) is 4.31 Å². The third-order valence-electron chi connectivity index (χ3n) is 4.15. The molecule has 1 aliphatic rings. The lowest BCUT2D eigenvalue weighted by molar-refractivity contribution is -0.115. The Balaban J connectivity index is 1.63. The molecule has 0 saturated carbocycles. The zero-order chi connectivity index (χ0) is 18.7. The van der Waals surface area contributed by atoms with Crippen molar-refractivity contribution in [1.82, 2.24) is 19.1 Å². The number of hydrogen-bond donors (Lipinski definition) is 1. The van der Waals surface area contributed by atoms with Gasteiger partial charge in [0.25, 0.3) is 0 Å². The Bertz CT molecular complexity index is 874. The van der Waals surface area contributed by atoms with Crippen LogP contribution in [0.3, 0.4) is 0 Å². The summed E-state index contributed by atoms with van der Waals surface area (Å²) in [6.07, 6.45) is 3.37. The molecule has 0 aliphatic carbocycles. The first-order valence-corrected chi connectivity index (χ1v) is 10.6. The van der Waals surface area contributed by atoms with Crippen LogP contribution in [0.4, 0.5) is 5.69 Å². The van der Waals surface area contributed by atoms with Crippen LogP contribution >= 0.6 is 11.8 Å². The Labute approximate surface area is 157 Å². The summed E-state index contributed by atoms with van der Waals surface area (Å²) in [5, 5.41) is 10.8. The van der Waals surface area contributed by atoms with E-state index in [9.17, 15) is 13.2 Å². The van der Waals surface area contributed by atoms with Crippen LogP contribution in [-0.2, 0) is 21.9 Å². The van der Waals surface area contributed by atoms with Crippen LogP contribution in [0, 0.1) is 0 Å². The molecule has 2 heterocycles. The smallest absolute Gasteiger partial charge is 0.243 e. The summed E-state index contributed by atoms with van der Waals surface area (Å²) in [6, 6.07) is 6.29. The first kappa shape index (κ1) is 18.9. The Morgan fingerprint density at radius 3 is 2.46 bits per heavy atom. The fraction of sp³-hybridized carbons (Fsp3) is 0.438. The number of hydrogen-bond acceptors (Lipinski definition) is 6. The standard InChI is InChI=1S/C16H21N5O3S2/c1-12(25-16-19-17-11-20(16)2)15(22)18-13-5-7-14(8-6-13)26(23,24)21-9-3-4-10-21/h5-8,11-12H,3-4,9-10H2,1-2H3,(H,18,22)/t12-/m1/s1. The number of rotatable bonds is 6. The van der Waals surface area contributed by atoms with Crippen molar-refractivity contribution in [1.29, 1.82) is 0 Å². The van der Waals surface area contributed by atoms with Crippen LogP contribution in [0.25, 0.3) is 0 Å². The molecule has 0 unspecified atom stereocenters. The van der Waals surface area contributed by atoms with Gasteiger partial charge in [-0.05, 0) is 44.0 Å². The van der Waals surface area contributed by atoms with E-state index in [0.717, 1.165) is 12.8 Å². The number of aryl methyl sites for hydroxylation is 1. The van der Waals surface area contributed by atoms with Gasteiger partial charge in [0.2, 0.25) is 15.9 Å². The molecule has 1 aromatic heterocycles. The molecule has 2 aromatic rings. The molecule has 1 aromatic carbocycles. The maximum atomic E-state index is 12.5. The molecule has 1 amide bonds. The van der Waals surface area contributed by atoms with Crippen molar-refractivity contribution < 1.29 is 13.2 Å². The number of thioether (sulfide) groups is 1. The first-order chi connectivity index (χ1) is 12.4. The molecular formula is C16H21N5O3S2. The van der Waals surface area contributed by atoms with Crippen molar-refractivity contribution in [2.45, 2.75) is 35.1 Å². The second-order valence-corrected chi connectivity index (χ2v) is 9.36. The van der Waals surface area contributed by atoms with E-state index < -0.39 is 10.0 Å². The topological polar surface area (TPSA) is 97.2 Å². The molecular weight excluding hydrogens is 374 g/mol. The molecule has 1 aliphatic heterocycles. The number of nitrogens with zero attached hydrogens (tertiary/aromatic N) is 4. The van der Waals surface area contributed by atoms with Gasteiger partial charge in [-0.15, -0.1) is 10.2 Å². The van der Waals surface area contributed by atoms with Gasteiger partial charge in [-0.25, -0.2) is 8.42 Å². The van der Waals surface area contributed by atoms with Gasteiger partial charge in [0.15, 0.2) is 5.16 Å². The zero-order valence-corrected chi connectivity index (χ0v) is 16.3. The predicted octanol–water partition coefficient (Wildman–Crippen LogP) is 1.72. The van der Waals surface area contributed by atoms with Crippen LogP contribution in [-0.4, -0.2) is 51.7 Å². The summed E-state index contributed by atoms with van der Waals surface area (Å²) in [6.45, 7) is 2.91. The van der Waals surface area contributed by atoms with Crippen LogP contribution in [0.2, 0.25) is 0 Å². The Morgan fingerprint density at radius 1 is 1.23 bits per heavy atom. The fourth-order valence-electron chi connectivity index (χ4n) is 2.62. The Morgan fingerprint density at radius 2 is 1.88 bits per heavy atom. The van der Waals surface area contributed by atoms with E-state index in [0.29, 0.717) is 23.9 Å². The van der Waals surface area contributed by atoms with E-state index in [-0.39, 0.29) is 16.1 Å². The molecule has 26 heavy (non-hydrogen) atoms. The van der Waals surface area contributed by atoms with Crippen LogP contribution in [0.15, 0.2) is 40.6 Å². The number of carbonyl (C=O) groups excluding carboxylic acids is 1. The highest BCUT2D eigenvalue weighted by atomic mass is 32.2. The minimum absolute atomic E-state index is 0.187. The summed E-state index contributed by atoms with van der Waals surface area (Å²) in [4.78, 5) is 12.6. The van der Waals surface area contributed by atoms with Gasteiger partial charge >= 0.3 is 0 Å². The molecule has 1 fully saturated rings. The van der Waals surface area contributed by atoms with E-state index in [1.807, 2.05) is 7.05 Å². The van der Waals surface area contributed by atoms with Gasteiger partial charge < -0.3 is 9.88 Å². The summed E-state index contributed by atoms with van der Waals surface area (Å²) >= 11 is 1.30. The third kappa shape index (κ3) is 4.08. The van der Waals surface area contributed by atoms with E-state index in [1.165, 1.54) is 28.2 Å². The summed E-state index contributed by atoms with van der Waals surface area (Å²) in [5.41, 5.74) is 0.556. The lowest BCUT2D eigenvalue weighted by Gasteiger charge is -2.16. The summed E-state index contributed by atoms with van der Waals surface area (Å²) in [7, 11) is -1.63. The van der Waals surface area contributed by atoms with E-state index in [2.05, 4.69) is 15.5 Å².